The summed E-state index contributed by atoms with van der Waals surface area (Å²) in [6.45, 7) is 7.31. The van der Waals surface area contributed by atoms with Crippen LogP contribution in [0.4, 0.5) is 0 Å². The fourth-order valence-corrected chi connectivity index (χ4v) is 2.26. The van der Waals surface area contributed by atoms with Gasteiger partial charge in [0.15, 0.2) is 6.10 Å². The molecule has 0 aromatic rings. The Morgan fingerprint density at radius 3 is 1.44 bits per heavy atom. The van der Waals surface area contributed by atoms with Crippen LogP contribution >= 0.6 is 0 Å². The number of rotatable bonds is 6. The van der Waals surface area contributed by atoms with E-state index in [9.17, 15) is 14.7 Å². The summed E-state index contributed by atoms with van der Waals surface area (Å²) in [5.41, 5.74) is 0. The summed E-state index contributed by atoms with van der Waals surface area (Å²) >= 11 is 0. The van der Waals surface area contributed by atoms with Crippen LogP contribution in [0.25, 0.3) is 0 Å². The van der Waals surface area contributed by atoms with Gasteiger partial charge in [0.05, 0.1) is 5.92 Å². The van der Waals surface area contributed by atoms with Crippen molar-refractivity contribution in [2.45, 2.75) is 33.8 Å². The van der Waals surface area contributed by atoms with Crippen LogP contribution < -0.4 is 0 Å². The Bertz CT molecular complexity index is 251. The molecule has 0 aliphatic heterocycles. The largest absolute Gasteiger partial charge is 0.481 e. The lowest BCUT2D eigenvalue weighted by Crippen LogP contribution is -2.43. The molecule has 0 rings (SSSR count). The Labute approximate surface area is 95.1 Å². The van der Waals surface area contributed by atoms with E-state index >= 15 is 0 Å². The summed E-state index contributed by atoms with van der Waals surface area (Å²) in [5, 5.41) is 27.2. The average Bonchev–Trinajstić information content (AvgIpc) is 2.10. The lowest BCUT2D eigenvalue weighted by Gasteiger charge is -2.32. The van der Waals surface area contributed by atoms with Crippen LogP contribution in [0.5, 0.6) is 0 Å². The molecule has 0 bridgehead atoms. The molecule has 3 N–H and O–H groups in total. The number of aliphatic carboxylic acids is 2. The number of hydrogen-bond donors (Lipinski definition) is 3. The third-order valence-corrected chi connectivity index (χ3v) is 2.83. The maximum Gasteiger partial charge on any atom is 0.333 e. The Morgan fingerprint density at radius 1 is 0.875 bits per heavy atom. The number of aliphatic hydroxyl groups excluding tert-OH is 1. The second kappa shape index (κ2) is 5.84. The zero-order valence-corrected chi connectivity index (χ0v) is 10.0. The first kappa shape index (κ1) is 14.9. The number of carbonyl (C=O) groups is 2. The molecule has 0 aromatic carbocycles. The third kappa shape index (κ3) is 3.48. The van der Waals surface area contributed by atoms with Crippen molar-refractivity contribution in [1.29, 1.82) is 0 Å². The molecule has 0 saturated carbocycles. The van der Waals surface area contributed by atoms with E-state index in [0.717, 1.165) is 0 Å². The van der Waals surface area contributed by atoms with Crippen molar-refractivity contribution in [2.24, 2.45) is 23.7 Å². The maximum atomic E-state index is 11.1. The highest BCUT2D eigenvalue weighted by Crippen LogP contribution is 2.31. The van der Waals surface area contributed by atoms with Gasteiger partial charge in [0.1, 0.15) is 0 Å². The number of carboxylic acids is 2. The van der Waals surface area contributed by atoms with Crippen LogP contribution in [0.3, 0.4) is 0 Å². The molecule has 0 aromatic heterocycles. The maximum absolute atomic E-state index is 11.1. The van der Waals surface area contributed by atoms with E-state index in [1.54, 1.807) is 0 Å². The molecule has 16 heavy (non-hydrogen) atoms. The van der Waals surface area contributed by atoms with Crippen LogP contribution in [0.15, 0.2) is 0 Å². The van der Waals surface area contributed by atoms with Crippen molar-refractivity contribution in [3.8, 4) is 0 Å². The number of carboxylic acid groups (broad SMARTS) is 2. The summed E-state index contributed by atoms with van der Waals surface area (Å²) in [4.78, 5) is 21.8. The summed E-state index contributed by atoms with van der Waals surface area (Å²) < 4.78 is 0. The van der Waals surface area contributed by atoms with E-state index in [0.29, 0.717) is 0 Å². The smallest absolute Gasteiger partial charge is 0.333 e. The van der Waals surface area contributed by atoms with Gasteiger partial charge in [-0.3, -0.25) is 4.79 Å². The molecule has 0 heterocycles. The van der Waals surface area contributed by atoms with Gasteiger partial charge < -0.3 is 15.3 Å². The topological polar surface area (TPSA) is 94.8 Å². The Morgan fingerprint density at radius 2 is 1.25 bits per heavy atom. The van der Waals surface area contributed by atoms with Gasteiger partial charge in [-0.25, -0.2) is 4.79 Å². The van der Waals surface area contributed by atoms with Crippen LogP contribution in [0, 0.1) is 23.7 Å². The van der Waals surface area contributed by atoms with Crippen molar-refractivity contribution in [3.05, 3.63) is 0 Å². The van der Waals surface area contributed by atoms with Crippen LogP contribution in [-0.4, -0.2) is 33.4 Å². The molecule has 0 unspecified atom stereocenters. The van der Waals surface area contributed by atoms with Crippen molar-refractivity contribution in [3.63, 3.8) is 0 Å². The summed E-state index contributed by atoms with van der Waals surface area (Å²) in [6.07, 6.45) is -1.85. The predicted octanol–water partition coefficient (Wildman–Crippen LogP) is 1.06. The van der Waals surface area contributed by atoms with Gasteiger partial charge >= 0.3 is 11.9 Å². The van der Waals surface area contributed by atoms with E-state index < -0.39 is 24.0 Å². The Hall–Kier alpha value is -1.10. The van der Waals surface area contributed by atoms with E-state index in [-0.39, 0.29) is 17.8 Å². The Kier molecular flexibility index (Phi) is 5.44. The zero-order valence-electron chi connectivity index (χ0n) is 10.0. The van der Waals surface area contributed by atoms with E-state index in [2.05, 4.69) is 0 Å². The van der Waals surface area contributed by atoms with E-state index in [1.165, 1.54) is 0 Å². The zero-order chi connectivity index (χ0) is 13.0. The highest BCUT2D eigenvalue weighted by Gasteiger charge is 2.41. The first-order valence-electron chi connectivity index (χ1n) is 5.33. The summed E-state index contributed by atoms with van der Waals surface area (Å²) in [6, 6.07) is 0. The lowest BCUT2D eigenvalue weighted by atomic mass is 9.73. The second-order valence-electron chi connectivity index (χ2n) is 4.71. The van der Waals surface area contributed by atoms with Gasteiger partial charge in [0.25, 0.3) is 0 Å². The monoisotopic (exact) mass is 232 g/mol. The quantitative estimate of drug-likeness (QED) is 0.636. The van der Waals surface area contributed by atoms with E-state index in [4.69, 9.17) is 10.2 Å². The third-order valence-electron chi connectivity index (χ3n) is 2.83. The first-order valence-corrected chi connectivity index (χ1v) is 5.33. The molecule has 94 valence electrons. The van der Waals surface area contributed by atoms with Gasteiger partial charge in [-0.2, -0.15) is 0 Å². The fraction of sp³-hybridized carbons (Fsp3) is 0.818. The minimum Gasteiger partial charge on any atom is -0.481 e. The lowest BCUT2D eigenvalue weighted by molar-refractivity contribution is -0.164. The summed E-state index contributed by atoms with van der Waals surface area (Å²) in [7, 11) is 0. The highest BCUT2D eigenvalue weighted by molar-refractivity contribution is 5.81. The van der Waals surface area contributed by atoms with Crippen LogP contribution in [-0.2, 0) is 9.59 Å². The molecule has 0 amide bonds. The van der Waals surface area contributed by atoms with Gasteiger partial charge in [0, 0.05) is 0 Å². The normalized spacial score (nSPS) is 15.5. The van der Waals surface area contributed by atoms with Crippen molar-refractivity contribution in [2.75, 3.05) is 0 Å². The Balaban J connectivity index is 5.15. The molecule has 0 aliphatic carbocycles. The van der Waals surface area contributed by atoms with Gasteiger partial charge in [-0.05, 0) is 17.8 Å². The molecular formula is C11H20O5. The van der Waals surface area contributed by atoms with Gasteiger partial charge in [-0.1, -0.05) is 27.7 Å². The molecule has 0 radical (unpaired) electrons. The van der Waals surface area contributed by atoms with Crippen LogP contribution in [0.2, 0.25) is 0 Å². The molecule has 5 heteroatoms. The predicted molar refractivity (Wildman–Crippen MR) is 57.9 cm³/mol. The first-order chi connectivity index (χ1) is 7.20. The molecule has 0 fully saturated rings. The molecule has 5 nitrogen and oxygen atoms in total. The minimum absolute atomic E-state index is 0.00454. The minimum atomic E-state index is -1.85. The fourth-order valence-electron chi connectivity index (χ4n) is 2.26. The van der Waals surface area contributed by atoms with Crippen molar-refractivity contribution < 1.29 is 24.9 Å². The SMILES string of the molecule is CC(C)C(C(C)C)[C@H](C(=O)O)[C@@H](O)C(=O)O. The van der Waals surface area contributed by atoms with Crippen LogP contribution in [0.1, 0.15) is 27.7 Å². The standard InChI is InChI=1S/C11H20O5/c1-5(2)7(6(3)4)8(10(13)14)9(12)11(15)16/h5-9,12H,1-4H3,(H,13,14)(H,15,16)/t8-,9+/m0/s1. The van der Waals surface area contributed by atoms with Crippen molar-refractivity contribution >= 4 is 11.9 Å². The van der Waals surface area contributed by atoms with E-state index in [1.807, 2.05) is 27.7 Å². The molecule has 0 aliphatic rings. The average molecular weight is 232 g/mol. The molecular weight excluding hydrogens is 212 g/mol. The highest BCUT2D eigenvalue weighted by atomic mass is 16.4. The number of aliphatic hydroxyl groups is 1. The van der Waals surface area contributed by atoms with Gasteiger partial charge in [-0.15, -0.1) is 0 Å². The van der Waals surface area contributed by atoms with Gasteiger partial charge in [0.2, 0.25) is 0 Å². The molecule has 0 saturated heterocycles. The van der Waals surface area contributed by atoms with Crippen molar-refractivity contribution in [1.82, 2.24) is 0 Å². The number of hydrogen-bond acceptors (Lipinski definition) is 3. The molecule has 2 atom stereocenters. The molecule has 0 spiro atoms. The second-order valence-corrected chi connectivity index (χ2v) is 4.71. The summed E-state index contributed by atoms with van der Waals surface area (Å²) in [5.74, 6) is -4.40.